The molecule has 0 fully saturated rings. The van der Waals surface area contributed by atoms with Crippen molar-refractivity contribution in [3.63, 3.8) is 0 Å². The third-order valence-electron chi connectivity index (χ3n) is 2.61. The molecule has 13 heteroatoms. The van der Waals surface area contributed by atoms with Gasteiger partial charge in [0.25, 0.3) is 0 Å². The molecule has 0 amide bonds. The van der Waals surface area contributed by atoms with Crippen molar-refractivity contribution in [2.24, 2.45) is 0 Å². The van der Waals surface area contributed by atoms with Crippen molar-refractivity contribution in [2.75, 3.05) is 19.8 Å². The van der Waals surface area contributed by atoms with Crippen LogP contribution >= 0.6 is 22.7 Å². The maximum absolute atomic E-state index is 11.8. The number of alkyl halides is 6. The fourth-order valence-corrected chi connectivity index (χ4v) is 3.00. The summed E-state index contributed by atoms with van der Waals surface area (Å²) < 4.78 is 84.0. The molecular formula is C16H16F6O5S2. The number of ether oxygens (including phenoxy) is 3. The van der Waals surface area contributed by atoms with E-state index in [-0.39, 0.29) is 28.2 Å². The number of carbonyl (C=O) groups is 1. The van der Waals surface area contributed by atoms with Gasteiger partial charge in [-0.1, -0.05) is 11.3 Å². The van der Waals surface area contributed by atoms with E-state index < -0.39 is 31.5 Å². The van der Waals surface area contributed by atoms with E-state index in [1.165, 1.54) is 24.3 Å². The van der Waals surface area contributed by atoms with Crippen molar-refractivity contribution < 1.29 is 50.5 Å². The lowest BCUT2D eigenvalue weighted by Crippen LogP contribution is -2.18. The average Bonchev–Trinajstić information content (AvgIpc) is 3.27. The molecule has 2 aromatic rings. The molecule has 0 unspecified atom stereocenters. The third-order valence-corrected chi connectivity index (χ3v) is 4.57. The maximum atomic E-state index is 11.8. The van der Waals surface area contributed by atoms with Crippen LogP contribution in [0, 0.1) is 0 Å². The number of thiophene rings is 2. The Hall–Kier alpha value is -1.99. The van der Waals surface area contributed by atoms with Crippen LogP contribution in [0.1, 0.15) is 21.5 Å². The first kappa shape index (κ1) is 25.0. The number of aliphatic hydroxyl groups is 1. The summed E-state index contributed by atoms with van der Waals surface area (Å²) >= 11 is 1.83. The largest absolute Gasteiger partial charge is 0.475 e. The molecule has 0 bridgehead atoms. The first-order valence-electron chi connectivity index (χ1n) is 7.79. The average molecular weight is 466 g/mol. The normalized spacial score (nSPS) is 11.4. The quantitative estimate of drug-likeness (QED) is 0.457. The minimum absolute atomic E-state index is 0.0420. The fraction of sp³-hybridized carbons (Fsp3) is 0.438. The smallest absolute Gasteiger partial charge is 0.422 e. The second-order valence-corrected chi connectivity index (χ2v) is 7.20. The summed E-state index contributed by atoms with van der Waals surface area (Å²) in [6, 6.07) is 5.61. The van der Waals surface area contributed by atoms with Crippen LogP contribution in [0.25, 0.3) is 0 Å². The Morgan fingerprint density at radius 1 is 0.931 bits per heavy atom. The van der Waals surface area contributed by atoms with Crippen LogP contribution in [-0.4, -0.2) is 43.2 Å². The molecule has 0 aliphatic carbocycles. The molecule has 1 N–H and O–H groups in total. The summed E-state index contributed by atoms with van der Waals surface area (Å²) in [4.78, 5) is 12.0. The van der Waals surface area contributed by atoms with E-state index in [9.17, 15) is 31.1 Å². The molecule has 0 aromatic carbocycles. The van der Waals surface area contributed by atoms with Gasteiger partial charge in [0.15, 0.2) is 23.3 Å². The first-order valence-corrected chi connectivity index (χ1v) is 9.42. The highest BCUT2D eigenvalue weighted by molar-refractivity contribution is 7.15. The standard InChI is InChI=1S/C9H9F3O3S.C7H7F3O2S/c1-2-14-8(13)6-3-4-7(16-6)15-5-9(10,11)12;8-7(9,10)4-12-6-2-1-5(3-11)13-6/h3-4H,2,5H2,1H3;1-2,11H,3-4H2. The first-order chi connectivity index (χ1) is 13.4. The zero-order valence-electron chi connectivity index (χ0n) is 14.8. The molecule has 0 atom stereocenters. The van der Waals surface area contributed by atoms with Crippen molar-refractivity contribution in [3.05, 3.63) is 34.0 Å². The highest BCUT2D eigenvalue weighted by Gasteiger charge is 2.29. The number of halogens is 6. The predicted molar refractivity (Wildman–Crippen MR) is 93.6 cm³/mol. The molecule has 0 aliphatic heterocycles. The Labute approximate surface area is 169 Å². The fourth-order valence-electron chi connectivity index (χ4n) is 1.54. The van der Waals surface area contributed by atoms with E-state index >= 15 is 0 Å². The highest BCUT2D eigenvalue weighted by atomic mass is 32.1. The summed E-state index contributed by atoms with van der Waals surface area (Å²) in [7, 11) is 0. The third kappa shape index (κ3) is 10.9. The van der Waals surface area contributed by atoms with E-state index in [2.05, 4.69) is 14.2 Å². The Morgan fingerprint density at radius 2 is 1.45 bits per heavy atom. The van der Waals surface area contributed by atoms with Gasteiger partial charge >= 0.3 is 18.3 Å². The monoisotopic (exact) mass is 466 g/mol. The molecule has 5 nitrogen and oxygen atoms in total. The van der Waals surface area contributed by atoms with E-state index in [0.717, 1.165) is 22.7 Å². The SMILES string of the molecule is CCOC(=O)c1ccc(OCC(F)(F)F)s1.OCc1ccc(OCC(F)(F)F)s1. The number of hydrogen-bond acceptors (Lipinski definition) is 7. The zero-order chi connectivity index (χ0) is 22.1. The van der Waals surface area contributed by atoms with Gasteiger partial charge in [-0.05, 0) is 31.2 Å². The molecule has 0 saturated carbocycles. The molecule has 0 spiro atoms. The Morgan fingerprint density at radius 3 is 1.90 bits per heavy atom. The van der Waals surface area contributed by atoms with Crippen LogP contribution in [0.2, 0.25) is 0 Å². The number of carbonyl (C=O) groups excluding carboxylic acids is 1. The number of rotatable bonds is 7. The molecule has 164 valence electrons. The molecule has 0 aliphatic rings. The molecule has 0 saturated heterocycles. The van der Waals surface area contributed by atoms with E-state index in [4.69, 9.17) is 5.11 Å². The van der Waals surface area contributed by atoms with Gasteiger partial charge in [0.05, 0.1) is 13.2 Å². The van der Waals surface area contributed by atoms with Gasteiger partial charge < -0.3 is 19.3 Å². The van der Waals surface area contributed by atoms with Gasteiger partial charge in [-0.25, -0.2) is 4.79 Å². The Kier molecular flexibility index (Phi) is 9.73. The van der Waals surface area contributed by atoms with Gasteiger partial charge in [0.2, 0.25) is 0 Å². The summed E-state index contributed by atoms with van der Waals surface area (Å²) in [6.07, 6.45) is -8.70. The van der Waals surface area contributed by atoms with Crippen molar-refractivity contribution in [3.8, 4) is 10.1 Å². The number of aliphatic hydroxyl groups excluding tert-OH is 1. The van der Waals surface area contributed by atoms with E-state index in [1.807, 2.05) is 0 Å². The van der Waals surface area contributed by atoms with Crippen LogP contribution < -0.4 is 9.47 Å². The number of esters is 1. The zero-order valence-corrected chi connectivity index (χ0v) is 16.4. The molecular weight excluding hydrogens is 450 g/mol. The lowest BCUT2D eigenvalue weighted by atomic mass is 10.5. The highest BCUT2D eigenvalue weighted by Crippen LogP contribution is 2.27. The molecule has 29 heavy (non-hydrogen) atoms. The van der Waals surface area contributed by atoms with Gasteiger partial charge in [0.1, 0.15) is 4.88 Å². The van der Waals surface area contributed by atoms with Gasteiger partial charge in [-0.3, -0.25) is 0 Å². The maximum Gasteiger partial charge on any atom is 0.422 e. The molecule has 2 heterocycles. The molecule has 2 aromatic heterocycles. The summed E-state index contributed by atoms with van der Waals surface area (Å²) in [6.45, 7) is -0.976. The van der Waals surface area contributed by atoms with Crippen LogP contribution in [-0.2, 0) is 11.3 Å². The van der Waals surface area contributed by atoms with Crippen LogP contribution in [0.15, 0.2) is 24.3 Å². The molecule has 2 rings (SSSR count). The van der Waals surface area contributed by atoms with Crippen molar-refractivity contribution in [2.45, 2.75) is 25.9 Å². The van der Waals surface area contributed by atoms with Crippen molar-refractivity contribution >= 4 is 28.6 Å². The Balaban J connectivity index is 0.000000296. The topological polar surface area (TPSA) is 65.0 Å². The van der Waals surface area contributed by atoms with Crippen LogP contribution in [0.4, 0.5) is 26.3 Å². The van der Waals surface area contributed by atoms with E-state index in [0.29, 0.717) is 4.88 Å². The van der Waals surface area contributed by atoms with Crippen LogP contribution in [0.5, 0.6) is 10.1 Å². The number of hydrogen-bond donors (Lipinski definition) is 1. The summed E-state index contributed by atoms with van der Waals surface area (Å²) in [5.74, 6) is -0.561. The van der Waals surface area contributed by atoms with Crippen molar-refractivity contribution in [1.29, 1.82) is 0 Å². The predicted octanol–water partition coefficient (Wildman–Crippen LogP) is 5.05. The van der Waals surface area contributed by atoms with Gasteiger partial charge in [-0.2, -0.15) is 26.3 Å². The lowest BCUT2D eigenvalue weighted by Gasteiger charge is -2.06. The molecule has 0 radical (unpaired) electrons. The second-order valence-electron chi connectivity index (χ2n) is 5.03. The summed E-state index contributed by atoms with van der Waals surface area (Å²) in [5.41, 5.74) is 0. The second kappa shape index (κ2) is 11.3. The lowest BCUT2D eigenvalue weighted by molar-refractivity contribution is -0.153. The van der Waals surface area contributed by atoms with Crippen LogP contribution in [0.3, 0.4) is 0 Å². The Bertz CT molecular complexity index is 754. The summed E-state index contributed by atoms with van der Waals surface area (Å²) in [5, 5.41) is 8.82. The van der Waals surface area contributed by atoms with Gasteiger partial charge in [-0.15, -0.1) is 11.3 Å². The minimum Gasteiger partial charge on any atom is -0.475 e. The van der Waals surface area contributed by atoms with Crippen molar-refractivity contribution in [1.82, 2.24) is 0 Å². The minimum atomic E-state index is -4.38. The van der Waals surface area contributed by atoms with E-state index in [1.54, 1.807) is 6.92 Å². The van der Waals surface area contributed by atoms with Gasteiger partial charge in [0, 0.05) is 4.88 Å².